The number of rotatable bonds is 8. The summed E-state index contributed by atoms with van der Waals surface area (Å²) in [5, 5.41) is 3.42. The van der Waals surface area contributed by atoms with E-state index in [0.29, 0.717) is 12.1 Å². The molecule has 0 aromatic carbocycles. The lowest BCUT2D eigenvalue weighted by molar-refractivity contribution is 0.0291. The molecule has 1 unspecified atom stereocenters. The summed E-state index contributed by atoms with van der Waals surface area (Å²) in [7, 11) is 0. The minimum atomic E-state index is 0.285. The second-order valence-corrected chi connectivity index (χ2v) is 4.06. The Labute approximate surface area is 88.2 Å². The van der Waals surface area contributed by atoms with Crippen molar-refractivity contribution in [3.8, 4) is 0 Å². The van der Waals surface area contributed by atoms with Gasteiger partial charge in [0.25, 0.3) is 0 Å². The third kappa shape index (κ3) is 8.48. The molecule has 0 aromatic heterocycles. The van der Waals surface area contributed by atoms with Crippen molar-refractivity contribution in [1.82, 2.24) is 5.32 Å². The molecule has 86 valence electrons. The standard InChI is InChI=1S/C11H25NO2/c1-6-13-7-11(12-9(2)3)8-14-10(4)5/h9-12H,6-8H2,1-5H3. The summed E-state index contributed by atoms with van der Waals surface area (Å²) in [4.78, 5) is 0. The molecule has 0 radical (unpaired) electrons. The van der Waals surface area contributed by atoms with Crippen LogP contribution in [-0.4, -0.2) is 38.0 Å². The Kier molecular flexibility index (Phi) is 8.14. The van der Waals surface area contributed by atoms with Crippen LogP contribution in [0.25, 0.3) is 0 Å². The number of nitrogens with one attached hydrogen (secondary N) is 1. The van der Waals surface area contributed by atoms with Crippen LogP contribution in [0.5, 0.6) is 0 Å². The van der Waals surface area contributed by atoms with Crippen LogP contribution in [0.1, 0.15) is 34.6 Å². The fraction of sp³-hybridized carbons (Fsp3) is 1.00. The molecule has 3 nitrogen and oxygen atoms in total. The van der Waals surface area contributed by atoms with E-state index in [2.05, 4.69) is 19.2 Å². The van der Waals surface area contributed by atoms with Gasteiger partial charge in [0.15, 0.2) is 0 Å². The summed E-state index contributed by atoms with van der Waals surface area (Å²) in [5.74, 6) is 0. The molecule has 0 aromatic rings. The molecule has 3 heteroatoms. The molecule has 0 aliphatic heterocycles. The third-order valence-electron chi connectivity index (χ3n) is 1.72. The summed E-state index contributed by atoms with van der Waals surface area (Å²) >= 11 is 0. The zero-order valence-electron chi connectivity index (χ0n) is 10.2. The van der Waals surface area contributed by atoms with Gasteiger partial charge in [0.2, 0.25) is 0 Å². The van der Waals surface area contributed by atoms with Crippen LogP contribution < -0.4 is 5.32 Å². The normalized spacial score (nSPS) is 13.9. The second kappa shape index (κ2) is 8.21. The summed E-state index contributed by atoms with van der Waals surface area (Å²) < 4.78 is 10.9. The minimum Gasteiger partial charge on any atom is -0.380 e. The zero-order valence-corrected chi connectivity index (χ0v) is 10.2. The Morgan fingerprint density at radius 1 is 1.07 bits per heavy atom. The lowest BCUT2D eigenvalue weighted by Gasteiger charge is -2.22. The SMILES string of the molecule is CCOCC(COC(C)C)NC(C)C. The maximum atomic E-state index is 5.56. The molecule has 0 heterocycles. The van der Waals surface area contributed by atoms with Crippen LogP contribution in [0.15, 0.2) is 0 Å². The smallest absolute Gasteiger partial charge is 0.0645 e. The first kappa shape index (κ1) is 13.9. The van der Waals surface area contributed by atoms with Gasteiger partial charge in [-0.05, 0) is 20.8 Å². The molecule has 0 rings (SSSR count). The first-order valence-electron chi connectivity index (χ1n) is 5.51. The third-order valence-corrected chi connectivity index (χ3v) is 1.72. The highest BCUT2D eigenvalue weighted by atomic mass is 16.5. The van der Waals surface area contributed by atoms with Crippen LogP contribution in [0, 0.1) is 0 Å². The zero-order chi connectivity index (χ0) is 11.0. The summed E-state index contributed by atoms with van der Waals surface area (Å²) in [6, 6.07) is 0.772. The molecule has 0 bridgehead atoms. The predicted molar refractivity (Wildman–Crippen MR) is 59.6 cm³/mol. The van der Waals surface area contributed by atoms with E-state index in [4.69, 9.17) is 9.47 Å². The average molecular weight is 203 g/mol. The van der Waals surface area contributed by atoms with Gasteiger partial charge in [0, 0.05) is 12.6 Å². The van der Waals surface area contributed by atoms with E-state index in [1.165, 1.54) is 0 Å². The van der Waals surface area contributed by atoms with E-state index >= 15 is 0 Å². The van der Waals surface area contributed by atoms with Crippen LogP contribution in [0.4, 0.5) is 0 Å². The molecule has 0 aliphatic carbocycles. The molecule has 0 aliphatic rings. The molecule has 14 heavy (non-hydrogen) atoms. The fourth-order valence-corrected chi connectivity index (χ4v) is 1.18. The summed E-state index contributed by atoms with van der Waals surface area (Å²) in [5.41, 5.74) is 0. The van der Waals surface area contributed by atoms with E-state index in [1.807, 2.05) is 20.8 Å². The topological polar surface area (TPSA) is 30.5 Å². The fourth-order valence-electron chi connectivity index (χ4n) is 1.18. The van der Waals surface area contributed by atoms with Crippen molar-refractivity contribution in [2.24, 2.45) is 0 Å². The summed E-state index contributed by atoms with van der Waals surface area (Å²) in [6.07, 6.45) is 0.285. The van der Waals surface area contributed by atoms with E-state index in [0.717, 1.165) is 19.8 Å². The van der Waals surface area contributed by atoms with Gasteiger partial charge in [-0.25, -0.2) is 0 Å². The van der Waals surface area contributed by atoms with E-state index in [1.54, 1.807) is 0 Å². The quantitative estimate of drug-likeness (QED) is 0.652. The predicted octanol–water partition coefficient (Wildman–Crippen LogP) is 1.81. The van der Waals surface area contributed by atoms with E-state index in [-0.39, 0.29) is 6.10 Å². The second-order valence-electron chi connectivity index (χ2n) is 4.06. The molecule has 1 N–H and O–H groups in total. The lowest BCUT2D eigenvalue weighted by atomic mass is 10.3. The maximum Gasteiger partial charge on any atom is 0.0645 e. The molecule has 0 amide bonds. The number of hydrogen-bond acceptors (Lipinski definition) is 3. The molecular weight excluding hydrogens is 178 g/mol. The molecular formula is C11H25NO2. The highest BCUT2D eigenvalue weighted by Gasteiger charge is 2.10. The van der Waals surface area contributed by atoms with Crippen molar-refractivity contribution >= 4 is 0 Å². The lowest BCUT2D eigenvalue weighted by Crippen LogP contribution is -2.42. The maximum absolute atomic E-state index is 5.56. The van der Waals surface area contributed by atoms with Gasteiger partial charge in [-0.1, -0.05) is 13.8 Å². The van der Waals surface area contributed by atoms with Crippen LogP contribution in [0.3, 0.4) is 0 Å². The van der Waals surface area contributed by atoms with E-state index < -0.39 is 0 Å². The highest BCUT2D eigenvalue weighted by Crippen LogP contribution is 1.95. The van der Waals surface area contributed by atoms with Crippen molar-refractivity contribution < 1.29 is 9.47 Å². The molecule has 0 spiro atoms. The van der Waals surface area contributed by atoms with Gasteiger partial charge >= 0.3 is 0 Å². The van der Waals surface area contributed by atoms with Crippen molar-refractivity contribution in [2.75, 3.05) is 19.8 Å². The summed E-state index contributed by atoms with van der Waals surface area (Å²) in [6.45, 7) is 12.6. The molecule has 0 fully saturated rings. The van der Waals surface area contributed by atoms with Gasteiger partial charge in [-0.3, -0.25) is 0 Å². The molecule has 1 atom stereocenters. The Balaban J connectivity index is 3.72. The molecule has 0 saturated heterocycles. The first-order chi connectivity index (χ1) is 6.56. The Hall–Kier alpha value is -0.120. The van der Waals surface area contributed by atoms with Crippen LogP contribution in [0.2, 0.25) is 0 Å². The molecule has 0 saturated carbocycles. The first-order valence-corrected chi connectivity index (χ1v) is 5.51. The van der Waals surface area contributed by atoms with Crippen molar-refractivity contribution in [1.29, 1.82) is 0 Å². The van der Waals surface area contributed by atoms with Gasteiger partial charge in [0.05, 0.1) is 25.4 Å². The van der Waals surface area contributed by atoms with Crippen LogP contribution in [-0.2, 0) is 9.47 Å². The van der Waals surface area contributed by atoms with E-state index in [9.17, 15) is 0 Å². The van der Waals surface area contributed by atoms with Crippen LogP contribution >= 0.6 is 0 Å². The number of hydrogen-bond donors (Lipinski definition) is 1. The largest absolute Gasteiger partial charge is 0.380 e. The van der Waals surface area contributed by atoms with Crippen molar-refractivity contribution in [3.63, 3.8) is 0 Å². The van der Waals surface area contributed by atoms with Crippen molar-refractivity contribution in [3.05, 3.63) is 0 Å². The number of ether oxygens (including phenoxy) is 2. The van der Waals surface area contributed by atoms with Gasteiger partial charge < -0.3 is 14.8 Å². The van der Waals surface area contributed by atoms with Crippen molar-refractivity contribution in [2.45, 2.75) is 52.8 Å². The minimum absolute atomic E-state index is 0.285. The highest BCUT2D eigenvalue weighted by molar-refractivity contribution is 4.68. The Bertz CT molecular complexity index is 126. The average Bonchev–Trinajstić information content (AvgIpc) is 2.09. The van der Waals surface area contributed by atoms with Gasteiger partial charge in [-0.15, -0.1) is 0 Å². The van der Waals surface area contributed by atoms with Gasteiger partial charge in [-0.2, -0.15) is 0 Å². The Morgan fingerprint density at radius 2 is 1.71 bits per heavy atom. The monoisotopic (exact) mass is 203 g/mol. The Morgan fingerprint density at radius 3 is 2.14 bits per heavy atom. The van der Waals surface area contributed by atoms with Gasteiger partial charge in [0.1, 0.15) is 0 Å².